The van der Waals surface area contributed by atoms with Gasteiger partial charge in [-0.25, -0.2) is 9.59 Å². The fourth-order valence-electron chi connectivity index (χ4n) is 10.5. The number of nitrogens with two attached hydrogens (primary N) is 1. The second kappa shape index (κ2) is 18.1. The average molecular weight is 1200 g/mol. The van der Waals surface area contributed by atoms with Crippen LogP contribution in [0.25, 0.3) is 0 Å². The second-order valence-corrected chi connectivity index (χ2v) is 53.2. The van der Waals surface area contributed by atoms with Crippen molar-refractivity contribution >= 4 is 83.6 Å². The van der Waals surface area contributed by atoms with Crippen LogP contribution in [0.1, 0.15) is 90.7 Å². The Morgan fingerprint density at radius 2 is 1.38 bits per heavy atom. The van der Waals surface area contributed by atoms with Gasteiger partial charge < -0.3 is 35.3 Å². The summed E-state index contributed by atoms with van der Waals surface area (Å²) in [6.07, 6.45) is -4.04. The Labute approximate surface area is 391 Å². The molecule has 0 heterocycles. The van der Waals surface area contributed by atoms with E-state index in [2.05, 4.69) is 79.7 Å². The number of aliphatic hydroxyl groups is 3. The molecule has 60 heavy (non-hydrogen) atoms. The number of carbonyl (C=O) groups excluding carboxylic acids is 4. The summed E-state index contributed by atoms with van der Waals surface area (Å²) >= 11 is 7.39. The van der Waals surface area contributed by atoms with Crippen molar-refractivity contribution in [3.05, 3.63) is 108 Å². The number of aliphatic hydroxyl groups excluding tert-OH is 2. The third-order valence-electron chi connectivity index (χ3n) is 15.0. The maximum absolute atomic E-state index is 15.7. The number of ketones is 1. The predicted molar refractivity (Wildman–Crippen MR) is 252 cm³/mol. The van der Waals surface area contributed by atoms with Crippen LogP contribution in [0, 0.1) is 33.5 Å². The number of halogens is 3. The Morgan fingerprint density at radius 1 is 0.883 bits per heavy atom. The van der Waals surface area contributed by atoms with Crippen LogP contribution in [0.3, 0.4) is 0 Å². The summed E-state index contributed by atoms with van der Waals surface area (Å²) in [5, 5.41) is 36.8. The Kier molecular flexibility index (Phi) is 15.4. The first-order valence-corrected chi connectivity index (χ1v) is 32.9. The fraction of sp³-hybridized carbons (Fsp3) is 0.511. The number of hydrogen-bond acceptors (Lipinski definition) is 11. The molecular formula is C45H57I3NO10V. The maximum atomic E-state index is 15.7. The molecule has 10 atom stereocenters. The Hall–Kier alpha value is -1.65. The summed E-state index contributed by atoms with van der Waals surface area (Å²) in [6, 6.07) is 15.4. The molecule has 0 aromatic heterocycles. The van der Waals surface area contributed by atoms with Crippen molar-refractivity contribution in [2.45, 2.75) is 104 Å². The third kappa shape index (κ3) is 7.95. The standard InChI is InChI=1S/C45H57NO10.3HI.V/c1-25-26(2)42(11)34(44(24-47,27(25)3)55-29(5)48)36(54-37(51)31-21-17-14-18-22-31)45(53)23-41(10,39(6,7)43(12,40(45,8)9)28(4)35(42)50)56-38(52)33(49)32(46)30-19-15-13-16-20-30;;;;/h13-22,27,32-34,36,47,49,53H,1-2,4,23-24,46H2,3,5-12H3;3*1H;/q;;;;+3/p-3/t27-,32?,33?,34?,36?,41?,42-,43+,44+,45-;;;;/m1..../s1. The number of Topliss-reactive ketones (excluding diaryl/α,β-unsaturated/α-hetero) is 1. The van der Waals surface area contributed by atoms with E-state index in [4.69, 9.17) is 19.9 Å². The molecule has 0 aliphatic heterocycles. The number of benzene rings is 2. The summed E-state index contributed by atoms with van der Waals surface area (Å²) in [6.45, 7) is 26.9. The number of fused-ring (bicyclic) bond motifs is 3. The number of hydrogen-bond donors (Lipinski definition) is 4. The van der Waals surface area contributed by atoms with Gasteiger partial charge in [0.15, 0.2) is 11.9 Å². The Bertz CT molecular complexity index is 2040. The molecule has 2 aromatic rings. The van der Waals surface area contributed by atoms with E-state index in [1.807, 2.05) is 0 Å². The van der Waals surface area contributed by atoms with Crippen LogP contribution >= 0.6 is 59.9 Å². The molecule has 0 saturated heterocycles. The Balaban J connectivity index is 0.00000190. The van der Waals surface area contributed by atoms with Gasteiger partial charge in [0.2, 0.25) is 0 Å². The van der Waals surface area contributed by atoms with E-state index < -0.39 is 105 Å². The van der Waals surface area contributed by atoms with Crippen molar-refractivity contribution in [1.82, 2.24) is 0 Å². The predicted octanol–water partition coefficient (Wildman–Crippen LogP) is 8.24. The monoisotopic (exact) mass is 1200 g/mol. The zero-order valence-electron chi connectivity index (χ0n) is 35.6. The molecule has 328 valence electrons. The first kappa shape index (κ1) is 51.0. The normalized spacial score (nSPS) is 34.1. The Morgan fingerprint density at radius 3 is 1.87 bits per heavy atom. The zero-order chi connectivity index (χ0) is 45.8. The molecular weight excluding hydrogens is 1150 g/mol. The molecule has 5 N–H and O–H groups in total. The molecule has 3 saturated carbocycles. The molecule has 0 amide bonds. The van der Waals surface area contributed by atoms with Gasteiger partial charge in [-0.2, -0.15) is 0 Å². The summed E-state index contributed by atoms with van der Waals surface area (Å²) in [5.41, 5.74) is -4.59. The summed E-state index contributed by atoms with van der Waals surface area (Å²) in [7, 11) is 0. The minimum atomic E-state index is -2.28. The van der Waals surface area contributed by atoms with E-state index >= 15 is 4.79 Å². The van der Waals surface area contributed by atoms with Crippen molar-refractivity contribution in [2.75, 3.05) is 6.61 Å². The van der Waals surface area contributed by atoms with Crippen molar-refractivity contribution in [3.63, 3.8) is 0 Å². The number of rotatable bonds is 8. The van der Waals surface area contributed by atoms with Gasteiger partial charge in [0.05, 0.1) is 29.5 Å². The van der Waals surface area contributed by atoms with Gasteiger partial charge in [-0.1, -0.05) is 110 Å². The number of allylic oxidation sites excluding steroid dienone is 2. The first-order valence-electron chi connectivity index (χ1n) is 19.4. The molecule has 15 heteroatoms. The molecule has 5 unspecified atom stereocenters. The minimum absolute atomic E-state index is 0.0212. The first-order chi connectivity index (χ1) is 27.5. The number of ether oxygens (including phenoxy) is 3. The van der Waals surface area contributed by atoms with Gasteiger partial charge in [-0.15, -0.1) is 0 Å². The number of carbonyl (C=O) groups is 4. The SMILES string of the molecule is C=C1C(=C)[C@@]2(C)C(=O)C(=C)[C@@]3(C)C(C)(C)C(C)(OC(=O)C(O)C(N)c4ccccc4)C[C@@](O)(C(OC(=O)c4ccccc4)C2[C@@](CO)(OC(C)=O)[C@@H]1C)C3(C)C.[I][V]([I])[I]. The van der Waals surface area contributed by atoms with Crippen LogP contribution in [-0.4, -0.2) is 74.6 Å². The molecule has 2 aromatic carbocycles. The van der Waals surface area contributed by atoms with Gasteiger partial charge in [0, 0.05) is 35.5 Å². The fourth-order valence-corrected chi connectivity index (χ4v) is 10.5. The van der Waals surface area contributed by atoms with Gasteiger partial charge >= 0.3 is 82.8 Å². The van der Waals surface area contributed by atoms with Crippen molar-refractivity contribution in [1.29, 1.82) is 0 Å². The molecule has 0 spiro atoms. The van der Waals surface area contributed by atoms with E-state index in [0.29, 0.717) is 11.1 Å². The van der Waals surface area contributed by atoms with Crippen LogP contribution in [0.4, 0.5) is 0 Å². The van der Waals surface area contributed by atoms with Crippen LogP contribution in [0.5, 0.6) is 0 Å². The summed E-state index contributed by atoms with van der Waals surface area (Å²) < 4.78 is 19.0. The summed E-state index contributed by atoms with van der Waals surface area (Å²) in [4.78, 5) is 57.0. The van der Waals surface area contributed by atoms with Gasteiger partial charge in [-0.3, -0.25) is 9.59 Å². The number of esters is 3. The van der Waals surface area contributed by atoms with Crippen molar-refractivity contribution in [2.24, 2.45) is 39.2 Å². The molecule has 11 nitrogen and oxygen atoms in total. The zero-order valence-corrected chi connectivity index (χ0v) is 43.4. The molecule has 3 aliphatic rings. The molecule has 3 aliphatic carbocycles. The molecule has 3 fully saturated rings. The average Bonchev–Trinajstić information content (AvgIpc) is 3.19. The van der Waals surface area contributed by atoms with Crippen LogP contribution < -0.4 is 5.73 Å². The van der Waals surface area contributed by atoms with Gasteiger partial charge in [-0.05, 0) is 48.3 Å². The van der Waals surface area contributed by atoms with Crippen molar-refractivity contribution < 1.29 is 53.6 Å². The van der Waals surface area contributed by atoms with Crippen LogP contribution in [0.2, 0.25) is 0 Å². The van der Waals surface area contributed by atoms with E-state index in [9.17, 15) is 29.7 Å². The topological polar surface area (TPSA) is 183 Å². The second-order valence-electron chi connectivity index (χ2n) is 17.8. The van der Waals surface area contributed by atoms with E-state index in [0.717, 1.165) is 6.92 Å². The van der Waals surface area contributed by atoms with Crippen LogP contribution in [-0.2, 0) is 33.5 Å². The van der Waals surface area contributed by atoms with E-state index in [1.54, 1.807) is 104 Å². The quantitative estimate of drug-likeness (QED) is 0.0865. The van der Waals surface area contributed by atoms with E-state index in [1.165, 1.54) is 12.1 Å². The van der Waals surface area contributed by atoms with Gasteiger partial charge in [0.1, 0.15) is 22.9 Å². The van der Waals surface area contributed by atoms with Crippen LogP contribution in [0.15, 0.2) is 97.1 Å². The van der Waals surface area contributed by atoms with E-state index in [-0.39, 0.29) is 21.6 Å². The molecule has 0 radical (unpaired) electrons. The molecule has 2 bridgehead atoms. The summed E-state index contributed by atoms with van der Waals surface area (Å²) in [5.74, 6) is -5.77. The van der Waals surface area contributed by atoms with Crippen molar-refractivity contribution in [3.8, 4) is 0 Å². The van der Waals surface area contributed by atoms with Gasteiger partial charge in [0.25, 0.3) is 0 Å². The third-order valence-corrected chi connectivity index (χ3v) is 15.0. The molecule has 5 rings (SSSR count).